The van der Waals surface area contributed by atoms with Gasteiger partial charge in [-0.2, -0.15) is 0 Å². The molecular weight excluding hydrogens is 344 g/mol. The van der Waals surface area contributed by atoms with Crippen molar-refractivity contribution in [3.05, 3.63) is 30.6 Å². The van der Waals surface area contributed by atoms with Gasteiger partial charge in [-0.15, -0.1) is 0 Å². The fourth-order valence-corrected chi connectivity index (χ4v) is 3.38. The molecule has 0 fully saturated rings. The molecule has 0 spiro atoms. The second-order valence-corrected chi connectivity index (χ2v) is 7.31. The second kappa shape index (κ2) is 8.04. The molecule has 0 aromatic carbocycles. The van der Waals surface area contributed by atoms with E-state index in [0.29, 0.717) is 23.6 Å². The highest BCUT2D eigenvalue weighted by Crippen LogP contribution is 2.26. The summed E-state index contributed by atoms with van der Waals surface area (Å²) in [7, 11) is -3.62. The summed E-state index contributed by atoms with van der Waals surface area (Å²) in [5.41, 5.74) is 6.97. The first kappa shape index (κ1) is 18.8. The number of aromatic nitrogens is 2. The lowest BCUT2D eigenvalue weighted by Gasteiger charge is -2.10. The van der Waals surface area contributed by atoms with Gasteiger partial charge in [0, 0.05) is 31.5 Å². The third-order valence-corrected chi connectivity index (χ3v) is 5.02. The maximum Gasteiger partial charge on any atom is 0.222 e. The van der Waals surface area contributed by atoms with Crippen LogP contribution in [0.1, 0.15) is 13.8 Å². The lowest BCUT2D eigenvalue weighted by molar-refractivity contribution is -0.114. The topological polar surface area (TPSA) is 124 Å². The van der Waals surface area contributed by atoms with Gasteiger partial charge >= 0.3 is 0 Å². The van der Waals surface area contributed by atoms with Crippen LogP contribution in [0.5, 0.6) is 0 Å². The number of sulfone groups is 1. The number of nitrogen functional groups attached to an aromatic ring is 1. The monoisotopic (exact) mass is 364 g/mol. The minimum atomic E-state index is -3.62. The number of hydrogen-bond acceptors (Lipinski definition) is 7. The number of hydrogen-bond donors (Lipinski definition) is 2. The molecule has 2 aromatic heterocycles. The van der Waals surface area contributed by atoms with E-state index >= 15 is 0 Å². The molecule has 0 aliphatic carbocycles. The third kappa shape index (κ3) is 4.97. The summed E-state index contributed by atoms with van der Waals surface area (Å²) in [6.07, 6.45) is 2.99. The van der Waals surface area contributed by atoms with E-state index in [2.05, 4.69) is 15.3 Å². The normalized spacial score (nSPS) is 11.3. The van der Waals surface area contributed by atoms with Crippen LogP contribution in [0, 0.1) is 0 Å². The number of rotatable bonds is 7. The second-order valence-electron chi connectivity index (χ2n) is 5.23. The zero-order chi connectivity index (χ0) is 18.4. The van der Waals surface area contributed by atoms with E-state index in [0.717, 1.165) is 0 Å². The van der Waals surface area contributed by atoms with Crippen LogP contribution in [0.15, 0.2) is 35.5 Å². The van der Waals surface area contributed by atoms with Gasteiger partial charge in [-0.25, -0.2) is 18.4 Å². The first-order valence-corrected chi connectivity index (χ1v) is 9.28. The maximum absolute atomic E-state index is 12.5. The van der Waals surface area contributed by atoms with Crippen LogP contribution in [-0.4, -0.2) is 43.3 Å². The van der Waals surface area contributed by atoms with Gasteiger partial charge in [-0.1, -0.05) is 0 Å². The largest absolute Gasteiger partial charge is 0.383 e. The van der Waals surface area contributed by atoms with Gasteiger partial charge in [0.2, 0.25) is 5.91 Å². The molecule has 2 heterocycles. The summed E-state index contributed by atoms with van der Waals surface area (Å²) in [5, 5.41) is 2.58. The van der Waals surface area contributed by atoms with E-state index < -0.39 is 9.84 Å². The van der Waals surface area contributed by atoms with Gasteiger partial charge in [0.15, 0.2) is 9.84 Å². The number of nitrogens with one attached hydrogen (secondary N) is 1. The van der Waals surface area contributed by atoms with E-state index in [1.54, 1.807) is 19.1 Å². The van der Waals surface area contributed by atoms with Crippen LogP contribution in [0.2, 0.25) is 0 Å². The zero-order valence-electron chi connectivity index (χ0n) is 14.0. The van der Waals surface area contributed by atoms with Crippen molar-refractivity contribution in [2.75, 3.05) is 30.0 Å². The smallest absolute Gasteiger partial charge is 0.222 e. The quantitative estimate of drug-likeness (QED) is 0.713. The van der Waals surface area contributed by atoms with Crippen LogP contribution < -0.4 is 11.1 Å². The minimum absolute atomic E-state index is 0.0393. The molecular formula is C16H20N4O4S. The molecule has 8 nitrogen and oxygen atoms in total. The first-order chi connectivity index (χ1) is 11.8. The molecule has 9 heteroatoms. The Hall–Kier alpha value is -2.52. The van der Waals surface area contributed by atoms with Crippen molar-refractivity contribution in [2.24, 2.45) is 0 Å². The fourth-order valence-electron chi connectivity index (χ4n) is 2.14. The van der Waals surface area contributed by atoms with Crippen molar-refractivity contribution >= 4 is 27.4 Å². The first-order valence-electron chi connectivity index (χ1n) is 7.63. The summed E-state index contributed by atoms with van der Waals surface area (Å²) in [6, 6.07) is 4.79. The number of anilines is 2. The number of carbonyl (C=O) groups excluding carboxylic acids is 1. The third-order valence-electron chi connectivity index (χ3n) is 3.31. The molecule has 0 unspecified atom stereocenters. The average Bonchev–Trinajstić information content (AvgIpc) is 2.55. The molecule has 0 saturated carbocycles. The van der Waals surface area contributed by atoms with Crippen molar-refractivity contribution in [3.63, 3.8) is 0 Å². The number of nitrogens with two attached hydrogens (primary N) is 1. The molecule has 0 radical (unpaired) electrons. The average molecular weight is 364 g/mol. The van der Waals surface area contributed by atoms with Crippen molar-refractivity contribution < 1.29 is 17.9 Å². The molecule has 0 saturated heterocycles. The Bertz CT molecular complexity index is 868. The van der Waals surface area contributed by atoms with Crippen LogP contribution in [0.4, 0.5) is 11.6 Å². The molecule has 1 amide bonds. The number of pyridine rings is 2. The number of nitrogens with zero attached hydrogens (tertiary/aromatic N) is 2. The summed E-state index contributed by atoms with van der Waals surface area (Å²) in [4.78, 5) is 19.1. The molecule has 0 bridgehead atoms. The van der Waals surface area contributed by atoms with Gasteiger partial charge in [0.05, 0.1) is 12.4 Å². The highest BCUT2D eigenvalue weighted by Gasteiger charge is 2.19. The molecule has 0 aliphatic rings. The molecule has 0 atom stereocenters. The highest BCUT2D eigenvalue weighted by molar-refractivity contribution is 7.91. The van der Waals surface area contributed by atoms with Crippen LogP contribution in [0.25, 0.3) is 11.1 Å². The van der Waals surface area contributed by atoms with Gasteiger partial charge in [-0.05, 0) is 30.7 Å². The number of ether oxygens (including phenoxy) is 1. The summed E-state index contributed by atoms with van der Waals surface area (Å²) in [6.45, 7) is 3.69. The predicted octanol–water partition coefficient (Wildman–Crippen LogP) is 1.49. The van der Waals surface area contributed by atoms with Crippen molar-refractivity contribution in [1.82, 2.24) is 9.97 Å². The Labute approximate surface area is 146 Å². The van der Waals surface area contributed by atoms with Gasteiger partial charge in [-0.3, -0.25) is 4.79 Å². The molecule has 3 N–H and O–H groups in total. The van der Waals surface area contributed by atoms with Crippen molar-refractivity contribution in [2.45, 2.75) is 18.7 Å². The Kier molecular flexibility index (Phi) is 6.05. The van der Waals surface area contributed by atoms with Crippen LogP contribution in [0.3, 0.4) is 0 Å². The summed E-state index contributed by atoms with van der Waals surface area (Å²) < 4.78 is 30.0. The van der Waals surface area contributed by atoms with Gasteiger partial charge in [0.1, 0.15) is 16.5 Å². The van der Waals surface area contributed by atoms with E-state index in [4.69, 9.17) is 10.5 Å². The number of carbonyl (C=O) groups is 1. The van der Waals surface area contributed by atoms with Crippen LogP contribution >= 0.6 is 0 Å². The Morgan fingerprint density at radius 2 is 2.04 bits per heavy atom. The minimum Gasteiger partial charge on any atom is -0.383 e. The Morgan fingerprint density at radius 1 is 1.28 bits per heavy atom. The Morgan fingerprint density at radius 3 is 2.72 bits per heavy atom. The lowest BCUT2D eigenvalue weighted by atomic mass is 10.1. The van der Waals surface area contributed by atoms with Gasteiger partial charge < -0.3 is 15.8 Å². The zero-order valence-corrected chi connectivity index (χ0v) is 14.8. The highest BCUT2D eigenvalue weighted by atomic mass is 32.2. The molecule has 134 valence electrons. The molecule has 25 heavy (non-hydrogen) atoms. The van der Waals surface area contributed by atoms with E-state index in [1.807, 2.05) is 0 Å². The van der Waals surface area contributed by atoms with Crippen molar-refractivity contribution in [1.29, 1.82) is 0 Å². The van der Waals surface area contributed by atoms with E-state index in [9.17, 15) is 13.2 Å². The SMILES string of the molecule is CCOCCS(=O)(=O)c1cc(-c2ccnc(NC(C)=O)c2)cnc1N. The molecule has 0 aliphatic heterocycles. The Balaban J connectivity index is 2.37. The van der Waals surface area contributed by atoms with E-state index in [1.165, 1.54) is 25.4 Å². The summed E-state index contributed by atoms with van der Waals surface area (Å²) in [5.74, 6) is -0.123. The van der Waals surface area contributed by atoms with Crippen molar-refractivity contribution in [3.8, 4) is 11.1 Å². The fraction of sp³-hybridized carbons (Fsp3) is 0.312. The lowest BCUT2D eigenvalue weighted by Crippen LogP contribution is -2.15. The number of amides is 1. The predicted molar refractivity (Wildman–Crippen MR) is 94.7 cm³/mol. The maximum atomic E-state index is 12.5. The van der Waals surface area contributed by atoms with Crippen LogP contribution in [-0.2, 0) is 19.4 Å². The standard InChI is InChI=1S/C16H20N4O4S/c1-3-24-6-7-25(22,23)14-8-13(10-19-16(14)17)12-4-5-18-15(9-12)20-11(2)21/h4-5,8-10H,3,6-7H2,1-2H3,(H2,17,19)(H,18,20,21). The molecule has 2 rings (SSSR count). The van der Waals surface area contributed by atoms with E-state index in [-0.39, 0.29) is 29.0 Å². The van der Waals surface area contributed by atoms with Gasteiger partial charge in [0.25, 0.3) is 0 Å². The molecule has 2 aromatic rings. The summed E-state index contributed by atoms with van der Waals surface area (Å²) >= 11 is 0.